The minimum absolute atomic E-state index is 0.0237. The van der Waals surface area contributed by atoms with Crippen molar-refractivity contribution in [3.63, 3.8) is 0 Å². The fraction of sp³-hybridized carbons (Fsp3) is 0.444. The molecule has 3 N–H and O–H groups in total. The second-order valence-corrected chi connectivity index (χ2v) is 9.15. The van der Waals surface area contributed by atoms with E-state index in [1.165, 1.54) is 5.56 Å². The average molecular weight is 470 g/mol. The lowest BCUT2D eigenvalue weighted by molar-refractivity contribution is 0.0952. The molecule has 2 aromatic rings. The highest BCUT2D eigenvalue weighted by atomic mass is 35.5. The lowest BCUT2D eigenvalue weighted by atomic mass is 9.93. The zero-order valence-corrected chi connectivity index (χ0v) is 20.8. The number of hydrogen-bond donors (Lipinski definition) is 3. The topological polar surface area (TPSA) is 64.6 Å². The highest BCUT2D eigenvalue weighted by Crippen LogP contribution is 2.41. The van der Waals surface area contributed by atoms with Crippen molar-refractivity contribution in [3.05, 3.63) is 69.8 Å². The first-order valence-electron chi connectivity index (χ1n) is 11.9. The van der Waals surface area contributed by atoms with Gasteiger partial charge in [-0.3, -0.25) is 4.79 Å². The number of halogens is 1. The number of nitrogens with one attached hydrogen (secondary N) is 2. The minimum Gasteiger partial charge on any atom is -0.506 e. The van der Waals surface area contributed by atoms with E-state index in [1.807, 2.05) is 32.2 Å². The van der Waals surface area contributed by atoms with E-state index in [2.05, 4.69) is 35.1 Å². The van der Waals surface area contributed by atoms with Crippen molar-refractivity contribution in [1.29, 1.82) is 0 Å². The molecular weight excluding hydrogens is 434 g/mol. The normalized spacial score (nSPS) is 15.6. The van der Waals surface area contributed by atoms with Gasteiger partial charge >= 0.3 is 0 Å². The van der Waals surface area contributed by atoms with E-state index < -0.39 is 0 Å². The summed E-state index contributed by atoms with van der Waals surface area (Å²) in [5.74, 6) is 0.0864. The number of hydrogen-bond acceptors (Lipinski definition) is 4. The zero-order chi connectivity index (χ0) is 24.0. The minimum atomic E-state index is -0.0237. The molecule has 1 heterocycles. The SMILES string of the molecule is C=C(c1cc(Cl)c(O)cc1CCC)N1CCCC1c1cccc(C(=O)NCCCNC)c1C. The predicted octanol–water partition coefficient (Wildman–Crippen LogP) is 5.45. The number of phenols is 1. The van der Waals surface area contributed by atoms with Gasteiger partial charge in [-0.2, -0.15) is 0 Å². The summed E-state index contributed by atoms with van der Waals surface area (Å²) < 4.78 is 0. The van der Waals surface area contributed by atoms with Crippen LogP contribution in [0.4, 0.5) is 0 Å². The summed E-state index contributed by atoms with van der Waals surface area (Å²) >= 11 is 6.27. The smallest absolute Gasteiger partial charge is 0.251 e. The van der Waals surface area contributed by atoms with Crippen LogP contribution in [0.2, 0.25) is 5.02 Å². The first-order valence-corrected chi connectivity index (χ1v) is 12.3. The molecule has 2 aromatic carbocycles. The lowest BCUT2D eigenvalue weighted by Gasteiger charge is -2.31. The van der Waals surface area contributed by atoms with Crippen molar-refractivity contribution in [2.75, 3.05) is 26.7 Å². The number of rotatable bonds is 10. The molecule has 1 aliphatic heterocycles. The van der Waals surface area contributed by atoms with E-state index in [0.717, 1.165) is 73.1 Å². The van der Waals surface area contributed by atoms with Gasteiger partial charge in [0.2, 0.25) is 0 Å². The highest BCUT2D eigenvalue weighted by molar-refractivity contribution is 6.32. The van der Waals surface area contributed by atoms with E-state index in [4.69, 9.17) is 11.6 Å². The summed E-state index contributed by atoms with van der Waals surface area (Å²) in [4.78, 5) is 15.1. The van der Waals surface area contributed by atoms with Gasteiger partial charge in [0, 0.05) is 29.9 Å². The standard InChI is InChI=1S/C27H36ClN3O2/c1-5-9-20-16-26(32)24(28)17-23(20)19(3)31-15-7-12-25(31)21-10-6-11-22(18(21)2)27(33)30-14-8-13-29-4/h6,10-11,16-17,25,29,32H,3,5,7-9,12-15H2,1-2,4H3,(H,30,33). The molecule has 0 bridgehead atoms. The van der Waals surface area contributed by atoms with Gasteiger partial charge in [-0.25, -0.2) is 0 Å². The Morgan fingerprint density at radius 1 is 1.27 bits per heavy atom. The summed E-state index contributed by atoms with van der Waals surface area (Å²) in [6.07, 6.45) is 4.77. The number of aromatic hydroxyl groups is 1. The molecule has 5 nitrogen and oxygen atoms in total. The maximum absolute atomic E-state index is 12.8. The van der Waals surface area contributed by atoms with Crippen LogP contribution in [0.25, 0.3) is 5.70 Å². The summed E-state index contributed by atoms with van der Waals surface area (Å²) in [5, 5.41) is 16.6. The number of aryl methyl sites for hydroxylation is 1. The van der Waals surface area contributed by atoms with Gasteiger partial charge in [0.05, 0.1) is 11.1 Å². The van der Waals surface area contributed by atoms with Crippen LogP contribution in [0.1, 0.15) is 71.3 Å². The monoisotopic (exact) mass is 469 g/mol. The molecule has 1 unspecified atom stereocenters. The Morgan fingerprint density at radius 2 is 2.06 bits per heavy atom. The number of carbonyl (C=O) groups is 1. The van der Waals surface area contributed by atoms with Gasteiger partial charge in [-0.15, -0.1) is 0 Å². The molecule has 178 valence electrons. The molecular formula is C27H36ClN3O2. The Kier molecular flexibility index (Phi) is 8.81. The summed E-state index contributed by atoms with van der Waals surface area (Å²) in [7, 11) is 1.91. The van der Waals surface area contributed by atoms with E-state index >= 15 is 0 Å². The van der Waals surface area contributed by atoms with Crippen molar-refractivity contribution >= 4 is 23.2 Å². The van der Waals surface area contributed by atoms with Gasteiger partial charge in [0.25, 0.3) is 5.91 Å². The van der Waals surface area contributed by atoms with Crippen molar-refractivity contribution < 1.29 is 9.90 Å². The fourth-order valence-corrected chi connectivity index (χ4v) is 4.90. The second kappa shape index (κ2) is 11.6. The molecule has 0 radical (unpaired) electrons. The Morgan fingerprint density at radius 3 is 2.79 bits per heavy atom. The molecule has 0 spiro atoms. The van der Waals surface area contributed by atoms with Crippen LogP contribution < -0.4 is 10.6 Å². The van der Waals surface area contributed by atoms with Gasteiger partial charge < -0.3 is 20.6 Å². The maximum Gasteiger partial charge on any atom is 0.251 e. The predicted molar refractivity (Wildman–Crippen MR) is 137 cm³/mol. The van der Waals surface area contributed by atoms with Crippen molar-refractivity contribution in [2.45, 2.75) is 52.0 Å². The summed E-state index contributed by atoms with van der Waals surface area (Å²) in [5.41, 5.74) is 5.88. The third kappa shape index (κ3) is 5.71. The largest absolute Gasteiger partial charge is 0.506 e. The number of phenolic OH excluding ortho intramolecular Hbond substituents is 1. The van der Waals surface area contributed by atoms with Gasteiger partial charge in [-0.05, 0) is 81.1 Å². The Labute approximate surface area is 202 Å². The van der Waals surface area contributed by atoms with Crippen molar-refractivity contribution in [1.82, 2.24) is 15.5 Å². The van der Waals surface area contributed by atoms with E-state index in [0.29, 0.717) is 11.6 Å². The van der Waals surface area contributed by atoms with Crippen molar-refractivity contribution in [2.24, 2.45) is 0 Å². The van der Waals surface area contributed by atoms with Crippen LogP contribution in [0.5, 0.6) is 5.75 Å². The number of nitrogens with zero attached hydrogens (tertiary/aromatic N) is 1. The Hall–Kier alpha value is -2.50. The van der Waals surface area contributed by atoms with E-state index in [1.54, 1.807) is 6.07 Å². The van der Waals surface area contributed by atoms with Crippen LogP contribution in [0.3, 0.4) is 0 Å². The number of carbonyl (C=O) groups excluding carboxylic acids is 1. The molecule has 6 heteroatoms. The van der Waals surface area contributed by atoms with Crippen LogP contribution >= 0.6 is 11.6 Å². The van der Waals surface area contributed by atoms with Crippen LogP contribution in [-0.2, 0) is 6.42 Å². The molecule has 1 amide bonds. The molecule has 33 heavy (non-hydrogen) atoms. The first-order chi connectivity index (χ1) is 15.9. The van der Waals surface area contributed by atoms with Crippen molar-refractivity contribution in [3.8, 4) is 5.75 Å². The number of amides is 1. The van der Waals surface area contributed by atoms with Crippen LogP contribution in [0.15, 0.2) is 36.9 Å². The molecule has 0 saturated carbocycles. The number of benzene rings is 2. The number of likely N-dealkylation sites (tertiary alicyclic amines) is 1. The molecule has 0 aromatic heterocycles. The Balaban J connectivity index is 1.87. The van der Waals surface area contributed by atoms with Crippen LogP contribution in [-0.4, -0.2) is 42.6 Å². The highest BCUT2D eigenvalue weighted by Gasteiger charge is 2.30. The van der Waals surface area contributed by atoms with E-state index in [-0.39, 0.29) is 17.7 Å². The maximum atomic E-state index is 12.8. The van der Waals surface area contributed by atoms with Gasteiger partial charge in [-0.1, -0.05) is 43.7 Å². The van der Waals surface area contributed by atoms with Gasteiger partial charge in [0.1, 0.15) is 5.75 Å². The van der Waals surface area contributed by atoms with E-state index in [9.17, 15) is 9.90 Å². The quantitative estimate of drug-likeness (QED) is 0.404. The van der Waals surface area contributed by atoms with Gasteiger partial charge in [0.15, 0.2) is 0 Å². The summed E-state index contributed by atoms with van der Waals surface area (Å²) in [6.45, 7) is 11.0. The second-order valence-electron chi connectivity index (χ2n) is 8.74. The van der Waals surface area contributed by atoms with Crippen LogP contribution in [0, 0.1) is 6.92 Å². The lowest BCUT2D eigenvalue weighted by Crippen LogP contribution is -2.28. The molecule has 3 rings (SSSR count). The molecule has 1 fully saturated rings. The fourth-order valence-electron chi connectivity index (χ4n) is 4.74. The zero-order valence-electron chi connectivity index (χ0n) is 20.0. The molecule has 1 aliphatic rings. The third-order valence-electron chi connectivity index (χ3n) is 6.47. The molecule has 1 atom stereocenters. The molecule has 1 saturated heterocycles. The average Bonchev–Trinajstić information content (AvgIpc) is 3.28. The molecule has 0 aliphatic carbocycles. The first kappa shape index (κ1) is 25.1. The summed E-state index contributed by atoms with van der Waals surface area (Å²) in [6, 6.07) is 9.75. The Bertz CT molecular complexity index is 1010. The third-order valence-corrected chi connectivity index (χ3v) is 6.77.